The normalized spacial score (nSPS) is 13.0. The zero-order chi connectivity index (χ0) is 31.8. The summed E-state index contributed by atoms with van der Waals surface area (Å²) in [6, 6.07) is 27.0. The van der Waals surface area contributed by atoms with Gasteiger partial charge < -0.3 is 0 Å². The molecular formula is C42H50Si2. The summed E-state index contributed by atoms with van der Waals surface area (Å²) in [7, 11) is -1.33. The molecule has 0 radical (unpaired) electrons. The van der Waals surface area contributed by atoms with E-state index in [4.69, 9.17) is 0 Å². The third-order valence-corrected chi connectivity index (χ3v) is 17.0. The standard InChI is InChI=1S/C42H50Si2/c1-27(2)41(9,28(3)4)43-21-19-35-37-23-31-15-11-13-17-33(31)25-39(37)36(20-22-44-42(10,29(5)6)30(7)8)40-26-34-18-14-12-16-32(34)24-38(35)40/h11-18,23-30H,43-44H2,1-10H3. The van der Waals surface area contributed by atoms with E-state index < -0.39 is 19.0 Å². The Bertz CT molecular complexity index is 1710. The van der Waals surface area contributed by atoms with Gasteiger partial charge in [-0.3, -0.25) is 0 Å². The number of hydrogen-bond acceptors (Lipinski definition) is 0. The van der Waals surface area contributed by atoms with Crippen LogP contribution in [0, 0.1) is 46.6 Å². The topological polar surface area (TPSA) is 0 Å². The molecule has 0 aliphatic heterocycles. The van der Waals surface area contributed by atoms with E-state index in [0.717, 1.165) is 0 Å². The lowest BCUT2D eigenvalue weighted by Crippen LogP contribution is -2.28. The maximum absolute atomic E-state index is 3.85. The van der Waals surface area contributed by atoms with Gasteiger partial charge in [-0.2, -0.15) is 0 Å². The maximum Gasteiger partial charge on any atom is 0.113 e. The Hall–Kier alpha value is -3.31. The van der Waals surface area contributed by atoms with E-state index in [9.17, 15) is 0 Å². The molecule has 5 aromatic carbocycles. The lowest BCUT2D eigenvalue weighted by molar-refractivity contribution is 0.336. The van der Waals surface area contributed by atoms with Gasteiger partial charge in [0, 0.05) is 11.1 Å². The van der Waals surface area contributed by atoms with Gasteiger partial charge in [-0.25, -0.2) is 0 Å². The molecule has 0 aliphatic rings. The predicted molar refractivity (Wildman–Crippen MR) is 203 cm³/mol. The van der Waals surface area contributed by atoms with Gasteiger partial charge in [0.15, 0.2) is 0 Å². The Morgan fingerprint density at radius 3 is 0.932 bits per heavy atom. The van der Waals surface area contributed by atoms with Crippen molar-refractivity contribution >= 4 is 62.1 Å². The summed E-state index contributed by atoms with van der Waals surface area (Å²) in [5, 5.41) is 10.6. The number of rotatable bonds is 6. The molecule has 0 N–H and O–H groups in total. The fourth-order valence-corrected chi connectivity index (χ4v) is 9.59. The van der Waals surface area contributed by atoms with Gasteiger partial charge in [0.1, 0.15) is 19.0 Å². The first-order valence-corrected chi connectivity index (χ1v) is 19.5. The van der Waals surface area contributed by atoms with Crippen LogP contribution in [0.4, 0.5) is 0 Å². The molecule has 44 heavy (non-hydrogen) atoms. The molecule has 5 rings (SSSR count). The van der Waals surface area contributed by atoms with E-state index in [-0.39, 0.29) is 0 Å². The highest BCUT2D eigenvalue weighted by molar-refractivity contribution is 6.50. The number of fused-ring (bicyclic) bond motifs is 4. The Labute approximate surface area is 271 Å². The summed E-state index contributed by atoms with van der Waals surface area (Å²) >= 11 is 0. The van der Waals surface area contributed by atoms with Gasteiger partial charge >= 0.3 is 0 Å². The molecule has 0 amide bonds. The third kappa shape index (κ3) is 5.88. The van der Waals surface area contributed by atoms with Crippen LogP contribution < -0.4 is 0 Å². The third-order valence-electron chi connectivity index (χ3n) is 11.5. The Kier molecular flexibility index (Phi) is 9.19. The van der Waals surface area contributed by atoms with Gasteiger partial charge in [-0.15, -0.1) is 11.1 Å². The minimum absolute atomic E-state index is 0.299. The summed E-state index contributed by atoms with van der Waals surface area (Å²) in [5.41, 5.74) is 10.0. The highest BCUT2D eigenvalue weighted by Gasteiger charge is 2.32. The fourth-order valence-electron chi connectivity index (χ4n) is 6.66. The van der Waals surface area contributed by atoms with Crippen LogP contribution in [0.3, 0.4) is 0 Å². The predicted octanol–water partition coefficient (Wildman–Crippen LogP) is 10.2. The van der Waals surface area contributed by atoms with Gasteiger partial charge in [-0.05, 0) is 101 Å². The molecule has 0 atom stereocenters. The van der Waals surface area contributed by atoms with Crippen LogP contribution in [0.25, 0.3) is 43.1 Å². The summed E-state index contributed by atoms with van der Waals surface area (Å²) in [4.78, 5) is 0. The Morgan fingerprint density at radius 2 is 0.705 bits per heavy atom. The van der Waals surface area contributed by atoms with Crippen molar-refractivity contribution in [3.63, 3.8) is 0 Å². The summed E-state index contributed by atoms with van der Waals surface area (Å²) in [5.74, 6) is 10.1. The minimum Gasteiger partial charge on any atom is -0.134 e. The zero-order valence-corrected chi connectivity index (χ0v) is 31.5. The van der Waals surface area contributed by atoms with E-state index in [1.165, 1.54) is 54.2 Å². The second kappa shape index (κ2) is 12.6. The molecule has 0 saturated carbocycles. The first-order valence-electron chi connectivity index (χ1n) is 16.7. The molecule has 0 saturated heterocycles. The Balaban J connectivity index is 1.85. The smallest absolute Gasteiger partial charge is 0.113 e. The molecule has 2 heteroatoms. The highest BCUT2D eigenvalue weighted by Crippen LogP contribution is 2.43. The molecule has 0 aromatic heterocycles. The van der Waals surface area contributed by atoms with Crippen molar-refractivity contribution < 1.29 is 0 Å². The van der Waals surface area contributed by atoms with E-state index in [2.05, 4.69) is 165 Å². The minimum atomic E-state index is -0.663. The highest BCUT2D eigenvalue weighted by atomic mass is 28.2. The van der Waals surface area contributed by atoms with Crippen LogP contribution >= 0.6 is 0 Å². The van der Waals surface area contributed by atoms with E-state index in [1.807, 2.05) is 0 Å². The lowest BCUT2D eigenvalue weighted by Gasteiger charge is -2.36. The molecule has 0 heterocycles. The molecule has 0 nitrogen and oxygen atoms in total. The van der Waals surface area contributed by atoms with Crippen molar-refractivity contribution in [3.8, 4) is 22.9 Å². The van der Waals surface area contributed by atoms with Crippen molar-refractivity contribution in [2.24, 2.45) is 23.7 Å². The van der Waals surface area contributed by atoms with Crippen LogP contribution in [0.5, 0.6) is 0 Å². The largest absolute Gasteiger partial charge is 0.134 e. The summed E-state index contributed by atoms with van der Waals surface area (Å²) < 4.78 is 0. The van der Waals surface area contributed by atoms with Crippen molar-refractivity contribution in [1.29, 1.82) is 0 Å². The molecule has 0 fully saturated rings. The van der Waals surface area contributed by atoms with Crippen LogP contribution in [0.15, 0.2) is 72.8 Å². The second-order valence-corrected chi connectivity index (χ2v) is 19.3. The van der Waals surface area contributed by atoms with Gasteiger partial charge in [0.25, 0.3) is 0 Å². The second-order valence-electron chi connectivity index (χ2n) is 14.8. The summed E-state index contributed by atoms with van der Waals surface area (Å²) in [6.45, 7) is 23.9. The zero-order valence-electron chi connectivity index (χ0n) is 28.7. The van der Waals surface area contributed by atoms with Crippen molar-refractivity contribution in [2.45, 2.75) is 79.3 Å². The van der Waals surface area contributed by atoms with Crippen LogP contribution in [0.2, 0.25) is 10.1 Å². The lowest BCUT2D eigenvalue weighted by atomic mass is 9.86. The monoisotopic (exact) mass is 610 g/mol. The van der Waals surface area contributed by atoms with Crippen LogP contribution in [-0.4, -0.2) is 19.0 Å². The van der Waals surface area contributed by atoms with E-state index in [1.54, 1.807) is 0 Å². The van der Waals surface area contributed by atoms with E-state index in [0.29, 0.717) is 33.7 Å². The van der Waals surface area contributed by atoms with Gasteiger partial charge in [-0.1, -0.05) is 130 Å². The first-order chi connectivity index (χ1) is 20.9. The number of benzene rings is 5. The Morgan fingerprint density at radius 1 is 0.455 bits per heavy atom. The molecule has 0 spiro atoms. The van der Waals surface area contributed by atoms with Gasteiger partial charge in [0.2, 0.25) is 0 Å². The average Bonchev–Trinajstić information content (AvgIpc) is 2.99. The summed E-state index contributed by atoms with van der Waals surface area (Å²) in [6.07, 6.45) is 0. The van der Waals surface area contributed by atoms with Crippen molar-refractivity contribution in [1.82, 2.24) is 0 Å². The molecule has 0 unspecified atom stereocenters. The maximum atomic E-state index is 3.85. The van der Waals surface area contributed by atoms with Crippen molar-refractivity contribution in [3.05, 3.63) is 83.9 Å². The van der Waals surface area contributed by atoms with Crippen molar-refractivity contribution in [2.75, 3.05) is 0 Å². The molecule has 226 valence electrons. The molecule has 0 aliphatic carbocycles. The molecular weight excluding hydrogens is 561 g/mol. The first kappa shape index (κ1) is 32.1. The SMILES string of the molecule is CC(C)C(C)([SiH2]C#Cc1c2cc3ccccc3cc2c(C#C[SiH2]C(C)(C(C)C)C(C)C)c2cc3ccccc3cc12)C(C)C. The van der Waals surface area contributed by atoms with E-state index >= 15 is 0 Å². The van der Waals surface area contributed by atoms with Crippen LogP contribution in [-0.2, 0) is 0 Å². The average molecular weight is 611 g/mol. The number of hydrogen-bond donors (Lipinski definition) is 0. The molecule has 0 bridgehead atoms. The quantitative estimate of drug-likeness (QED) is 0.102. The van der Waals surface area contributed by atoms with Crippen LogP contribution in [0.1, 0.15) is 80.4 Å². The fraction of sp³-hybridized carbons (Fsp3) is 0.381. The van der Waals surface area contributed by atoms with Gasteiger partial charge in [0.05, 0.1) is 0 Å². The molecule has 5 aromatic rings.